The summed E-state index contributed by atoms with van der Waals surface area (Å²) in [6.45, 7) is 1.89. The average molecular weight is 362 g/mol. The van der Waals surface area contributed by atoms with Gasteiger partial charge in [0.05, 0.1) is 17.2 Å². The van der Waals surface area contributed by atoms with Gasteiger partial charge >= 0.3 is 12.1 Å². The van der Waals surface area contributed by atoms with Crippen LogP contribution in [0.2, 0.25) is 5.02 Å². The second kappa shape index (κ2) is 7.27. The van der Waals surface area contributed by atoms with Crippen LogP contribution in [0.15, 0.2) is 34.7 Å². The number of furan rings is 1. The monoisotopic (exact) mass is 361 g/mol. The first-order valence-electron chi connectivity index (χ1n) is 7.10. The molecule has 2 N–H and O–H groups in total. The Hall–Kier alpha value is -1.99. The van der Waals surface area contributed by atoms with Gasteiger partial charge in [-0.05, 0) is 37.3 Å². The zero-order chi connectivity index (χ0) is 17.9. The van der Waals surface area contributed by atoms with Crippen molar-refractivity contribution < 1.29 is 27.1 Å². The quantitative estimate of drug-likeness (QED) is 0.816. The molecule has 0 fully saturated rings. The van der Waals surface area contributed by atoms with E-state index in [4.69, 9.17) is 26.5 Å². The molecule has 2 rings (SSSR count). The number of esters is 1. The van der Waals surface area contributed by atoms with Crippen LogP contribution < -0.4 is 5.73 Å². The largest absolute Gasteiger partial charge is 0.465 e. The predicted octanol–water partition coefficient (Wildman–Crippen LogP) is 4.05. The van der Waals surface area contributed by atoms with Crippen LogP contribution in [0.1, 0.15) is 18.2 Å². The molecule has 0 amide bonds. The second-order valence-electron chi connectivity index (χ2n) is 5.02. The molecule has 0 radical (unpaired) electrons. The maximum absolute atomic E-state index is 12.6. The molecule has 130 valence electrons. The van der Waals surface area contributed by atoms with Crippen molar-refractivity contribution >= 4 is 17.6 Å². The lowest BCUT2D eigenvalue weighted by molar-refractivity contribution is -0.144. The van der Waals surface area contributed by atoms with Crippen LogP contribution in [-0.2, 0) is 22.1 Å². The number of carbonyl (C=O) groups excluding carboxylic acids is 1. The number of halogens is 4. The molecule has 1 unspecified atom stereocenters. The average Bonchev–Trinajstić information content (AvgIpc) is 2.94. The fraction of sp³-hybridized carbons (Fsp3) is 0.312. The van der Waals surface area contributed by atoms with Gasteiger partial charge in [0.15, 0.2) is 0 Å². The van der Waals surface area contributed by atoms with E-state index in [1.165, 1.54) is 6.07 Å². The Bertz CT molecular complexity index is 728. The topological polar surface area (TPSA) is 65.5 Å². The number of ether oxygens (including phenoxy) is 1. The number of rotatable bonds is 5. The minimum Gasteiger partial charge on any atom is -0.465 e. The van der Waals surface area contributed by atoms with Gasteiger partial charge in [-0.15, -0.1) is 0 Å². The molecule has 0 aliphatic rings. The van der Waals surface area contributed by atoms with Gasteiger partial charge in [-0.3, -0.25) is 4.79 Å². The highest BCUT2D eigenvalue weighted by molar-refractivity contribution is 6.33. The van der Waals surface area contributed by atoms with Crippen LogP contribution in [0.4, 0.5) is 13.2 Å². The van der Waals surface area contributed by atoms with Crippen molar-refractivity contribution in [1.29, 1.82) is 0 Å². The molecule has 2 aromatic rings. The molecule has 1 aromatic heterocycles. The lowest BCUT2D eigenvalue weighted by Gasteiger charge is -2.09. The third kappa shape index (κ3) is 4.30. The fourth-order valence-corrected chi connectivity index (χ4v) is 2.35. The Kier molecular flexibility index (Phi) is 5.56. The van der Waals surface area contributed by atoms with E-state index in [9.17, 15) is 18.0 Å². The molecule has 0 saturated carbocycles. The van der Waals surface area contributed by atoms with Crippen molar-refractivity contribution in [3.8, 4) is 11.3 Å². The second-order valence-corrected chi connectivity index (χ2v) is 5.43. The molecule has 4 nitrogen and oxygen atoms in total. The summed E-state index contributed by atoms with van der Waals surface area (Å²) in [5.74, 6) is 0.143. The van der Waals surface area contributed by atoms with Gasteiger partial charge in [-0.25, -0.2) is 0 Å². The summed E-state index contributed by atoms with van der Waals surface area (Å²) in [5.41, 5.74) is 5.17. The SMILES string of the molecule is CCOC(=O)C(N)Cc1ccc(-c2ccc(C(F)(F)F)cc2Cl)o1. The summed E-state index contributed by atoms with van der Waals surface area (Å²) in [6.07, 6.45) is -4.36. The molecule has 0 aliphatic carbocycles. The van der Waals surface area contributed by atoms with Gasteiger partial charge in [-0.1, -0.05) is 11.6 Å². The van der Waals surface area contributed by atoms with E-state index in [2.05, 4.69) is 0 Å². The van der Waals surface area contributed by atoms with Gasteiger partial charge in [0.25, 0.3) is 0 Å². The van der Waals surface area contributed by atoms with Crippen LogP contribution in [0, 0.1) is 0 Å². The zero-order valence-corrected chi connectivity index (χ0v) is 13.4. The standard InChI is InChI=1S/C16H15ClF3NO3/c1-2-23-15(22)13(21)8-10-4-6-14(24-10)11-5-3-9(7-12(11)17)16(18,19)20/h3-7,13H,2,8,21H2,1H3. The van der Waals surface area contributed by atoms with Crippen LogP contribution in [0.25, 0.3) is 11.3 Å². The molecule has 1 heterocycles. The van der Waals surface area contributed by atoms with E-state index in [-0.39, 0.29) is 18.1 Å². The molecule has 0 saturated heterocycles. The van der Waals surface area contributed by atoms with E-state index in [1.54, 1.807) is 19.1 Å². The lowest BCUT2D eigenvalue weighted by Crippen LogP contribution is -2.34. The van der Waals surface area contributed by atoms with Crippen molar-refractivity contribution in [2.45, 2.75) is 25.6 Å². The first-order chi connectivity index (χ1) is 11.2. The van der Waals surface area contributed by atoms with Gasteiger partial charge < -0.3 is 14.9 Å². The van der Waals surface area contributed by atoms with Crippen LogP contribution in [0.5, 0.6) is 0 Å². The first kappa shape index (κ1) is 18.4. The smallest absolute Gasteiger partial charge is 0.416 e. The van der Waals surface area contributed by atoms with Crippen molar-refractivity contribution in [2.24, 2.45) is 5.73 Å². The summed E-state index contributed by atoms with van der Waals surface area (Å²) in [7, 11) is 0. The molecule has 24 heavy (non-hydrogen) atoms. The number of benzene rings is 1. The fourth-order valence-electron chi connectivity index (χ4n) is 2.07. The van der Waals surface area contributed by atoms with Gasteiger partial charge in [0.2, 0.25) is 0 Å². The Morgan fingerprint density at radius 2 is 2.04 bits per heavy atom. The molecule has 0 aliphatic heterocycles. The third-order valence-corrected chi connectivity index (χ3v) is 3.55. The maximum Gasteiger partial charge on any atom is 0.416 e. The van der Waals surface area contributed by atoms with Crippen LogP contribution >= 0.6 is 11.6 Å². The molecule has 1 aromatic carbocycles. The third-order valence-electron chi connectivity index (χ3n) is 3.23. The zero-order valence-electron chi connectivity index (χ0n) is 12.7. The van der Waals surface area contributed by atoms with E-state index in [0.717, 1.165) is 12.1 Å². The Balaban J connectivity index is 2.17. The van der Waals surface area contributed by atoms with Crippen molar-refractivity contribution in [3.63, 3.8) is 0 Å². The number of nitrogens with two attached hydrogens (primary N) is 1. The highest BCUT2D eigenvalue weighted by Gasteiger charge is 2.31. The molecule has 1 atom stereocenters. The number of alkyl halides is 3. The normalized spacial score (nSPS) is 12.9. The summed E-state index contributed by atoms with van der Waals surface area (Å²) in [5, 5.41) is -0.0829. The summed E-state index contributed by atoms with van der Waals surface area (Å²) < 4.78 is 48.3. The summed E-state index contributed by atoms with van der Waals surface area (Å²) in [4.78, 5) is 11.5. The van der Waals surface area contributed by atoms with Crippen molar-refractivity contribution in [1.82, 2.24) is 0 Å². The van der Waals surface area contributed by atoms with Crippen LogP contribution in [0.3, 0.4) is 0 Å². The number of hydrogen-bond acceptors (Lipinski definition) is 4. The highest BCUT2D eigenvalue weighted by Crippen LogP contribution is 2.36. The van der Waals surface area contributed by atoms with Crippen molar-refractivity contribution in [2.75, 3.05) is 6.61 Å². The molecule has 0 bridgehead atoms. The number of hydrogen-bond donors (Lipinski definition) is 1. The Labute approximate surface area is 141 Å². The van der Waals surface area contributed by atoms with E-state index in [0.29, 0.717) is 17.1 Å². The maximum atomic E-state index is 12.6. The van der Waals surface area contributed by atoms with Gasteiger partial charge in [0, 0.05) is 12.0 Å². The Morgan fingerprint density at radius 3 is 2.62 bits per heavy atom. The summed E-state index contributed by atoms with van der Waals surface area (Å²) in [6, 6.07) is 5.26. The molecular formula is C16H15ClF3NO3. The highest BCUT2D eigenvalue weighted by atomic mass is 35.5. The van der Waals surface area contributed by atoms with Crippen molar-refractivity contribution in [3.05, 3.63) is 46.7 Å². The van der Waals surface area contributed by atoms with E-state index in [1.807, 2.05) is 0 Å². The first-order valence-corrected chi connectivity index (χ1v) is 7.48. The number of carbonyl (C=O) groups is 1. The van der Waals surface area contributed by atoms with E-state index >= 15 is 0 Å². The van der Waals surface area contributed by atoms with Gasteiger partial charge in [0.1, 0.15) is 17.6 Å². The predicted molar refractivity (Wildman–Crippen MR) is 82.5 cm³/mol. The molecular weight excluding hydrogens is 347 g/mol. The minimum absolute atomic E-state index is 0.0829. The van der Waals surface area contributed by atoms with Crippen LogP contribution in [-0.4, -0.2) is 18.6 Å². The summed E-state index contributed by atoms with van der Waals surface area (Å²) >= 11 is 5.92. The minimum atomic E-state index is -4.47. The van der Waals surface area contributed by atoms with E-state index < -0.39 is 23.8 Å². The molecule has 8 heteroatoms. The molecule has 0 spiro atoms. The van der Waals surface area contributed by atoms with Gasteiger partial charge in [-0.2, -0.15) is 13.2 Å². The lowest BCUT2D eigenvalue weighted by atomic mass is 10.1. The Morgan fingerprint density at radius 1 is 1.33 bits per heavy atom.